The first-order valence-electron chi connectivity index (χ1n) is 7.35. The van der Waals surface area contributed by atoms with Gasteiger partial charge in [-0.15, -0.1) is 0 Å². The lowest BCUT2D eigenvalue weighted by atomic mass is 10.1. The van der Waals surface area contributed by atoms with E-state index in [0.29, 0.717) is 5.69 Å². The fourth-order valence-electron chi connectivity index (χ4n) is 2.30. The lowest BCUT2D eigenvalue weighted by Gasteiger charge is -2.10. The Morgan fingerprint density at radius 1 is 1.09 bits per heavy atom. The van der Waals surface area contributed by atoms with Gasteiger partial charge in [0.15, 0.2) is 0 Å². The molecule has 0 aliphatic rings. The summed E-state index contributed by atoms with van der Waals surface area (Å²) in [4.78, 5) is 23.3. The van der Waals surface area contributed by atoms with E-state index in [0.717, 1.165) is 16.9 Å². The minimum absolute atomic E-state index is 0.181. The van der Waals surface area contributed by atoms with Gasteiger partial charge in [-0.05, 0) is 49.2 Å². The number of nitrogens with one attached hydrogen (secondary N) is 1. The van der Waals surface area contributed by atoms with E-state index in [2.05, 4.69) is 11.4 Å². The summed E-state index contributed by atoms with van der Waals surface area (Å²) in [6, 6.07) is 12.5. The molecule has 0 aliphatic carbocycles. The molecule has 2 rings (SSSR count). The monoisotopic (exact) mass is 312 g/mol. The van der Waals surface area contributed by atoms with Crippen LogP contribution in [0.5, 0.6) is 5.75 Å². The van der Waals surface area contributed by atoms with Crippen LogP contribution < -0.4 is 15.8 Å². The van der Waals surface area contributed by atoms with E-state index in [4.69, 9.17) is 10.5 Å². The fourth-order valence-corrected chi connectivity index (χ4v) is 2.30. The van der Waals surface area contributed by atoms with Crippen LogP contribution in [-0.4, -0.2) is 18.4 Å². The molecule has 120 valence electrons. The van der Waals surface area contributed by atoms with Crippen LogP contribution in [0.25, 0.3) is 0 Å². The predicted molar refractivity (Wildman–Crippen MR) is 89.6 cm³/mol. The molecule has 0 radical (unpaired) electrons. The third-order valence-electron chi connectivity index (χ3n) is 3.26. The number of aryl methyl sites for hydroxylation is 2. The summed E-state index contributed by atoms with van der Waals surface area (Å²) in [7, 11) is 0. The molecule has 2 aromatic rings. The van der Waals surface area contributed by atoms with E-state index in [1.54, 1.807) is 24.3 Å². The van der Waals surface area contributed by atoms with Crippen molar-refractivity contribution in [2.75, 3.05) is 11.9 Å². The lowest BCUT2D eigenvalue weighted by Crippen LogP contribution is -2.19. The molecule has 5 heteroatoms. The van der Waals surface area contributed by atoms with E-state index >= 15 is 0 Å². The van der Waals surface area contributed by atoms with Gasteiger partial charge < -0.3 is 15.8 Å². The van der Waals surface area contributed by atoms with Crippen molar-refractivity contribution in [1.29, 1.82) is 0 Å². The molecule has 0 aliphatic heterocycles. The molecule has 0 spiro atoms. The Morgan fingerprint density at radius 3 is 2.39 bits per heavy atom. The van der Waals surface area contributed by atoms with Crippen LogP contribution in [0.2, 0.25) is 0 Å². The van der Waals surface area contributed by atoms with E-state index in [1.807, 2.05) is 26.0 Å². The fraction of sp³-hybridized carbons (Fsp3) is 0.222. The largest absolute Gasteiger partial charge is 0.493 e. The Hall–Kier alpha value is -2.82. The van der Waals surface area contributed by atoms with Crippen molar-refractivity contribution in [2.24, 2.45) is 5.73 Å². The Morgan fingerprint density at radius 2 is 1.74 bits per heavy atom. The first-order chi connectivity index (χ1) is 11.0. The average molecular weight is 312 g/mol. The number of rotatable bonds is 6. The summed E-state index contributed by atoms with van der Waals surface area (Å²) in [5.41, 5.74) is 8.20. The van der Waals surface area contributed by atoms with E-state index < -0.39 is 5.91 Å². The number of carbonyl (C=O) groups excluding carboxylic acids is 2. The first kappa shape index (κ1) is 16.5. The van der Waals surface area contributed by atoms with Crippen molar-refractivity contribution in [3.05, 3.63) is 59.2 Å². The Kier molecular flexibility index (Phi) is 5.36. The highest BCUT2D eigenvalue weighted by atomic mass is 16.5. The van der Waals surface area contributed by atoms with Gasteiger partial charge in [0.1, 0.15) is 5.75 Å². The number of para-hydroxylation sites is 1. The van der Waals surface area contributed by atoms with Gasteiger partial charge in [0, 0.05) is 0 Å². The molecule has 0 saturated heterocycles. The van der Waals surface area contributed by atoms with Gasteiger partial charge in [0.2, 0.25) is 5.91 Å². The molecule has 2 amide bonds. The number of ether oxygens (including phenoxy) is 1. The van der Waals surface area contributed by atoms with Crippen molar-refractivity contribution in [2.45, 2.75) is 20.3 Å². The van der Waals surface area contributed by atoms with Crippen LogP contribution in [0.1, 0.15) is 27.9 Å². The first-order valence-corrected chi connectivity index (χ1v) is 7.35. The molecule has 23 heavy (non-hydrogen) atoms. The molecule has 0 bridgehead atoms. The van der Waals surface area contributed by atoms with Crippen molar-refractivity contribution in [1.82, 2.24) is 0 Å². The highest BCUT2D eigenvalue weighted by Gasteiger charge is 2.10. The molecule has 5 nitrogen and oxygen atoms in total. The molecule has 0 heterocycles. The quantitative estimate of drug-likeness (QED) is 0.860. The second kappa shape index (κ2) is 7.45. The molecule has 3 N–H and O–H groups in total. The zero-order chi connectivity index (χ0) is 16.8. The topological polar surface area (TPSA) is 81.4 Å². The second-order valence-corrected chi connectivity index (χ2v) is 5.38. The highest BCUT2D eigenvalue weighted by Crippen LogP contribution is 2.17. The Balaban J connectivity index is 1.89. The van der Waals surface area contributed by atoms with E-state index in [9.17, 15) is 9.59 Å². The van der Waals surface area contributed by atoms with Crippen LogP contribution in [0.4, 0.5) is 5.69 Å². The third kappa shape index (κ3) is 4.85. The van der Waals surface area contributed by atoms with Gasteiger partial charge in [-0.3, -0.25) is 9.59 Å². The number of amides is 2. The SMILES string of the molecule is Cc1cc(C)cc(OCCC(=O)Nc2ccccc2C(N)=O)c1. The molecule has 0 aromatic heterocycles. The highest BCUT2D eigenvalue weighted by molar-refractivity contribution is 6.02. The van der Waals surface area contributed by atoms with Crippen molar-refractivity contribution < 1.29 is 14.3 Å². The minimum atomic E-state index is -0.576. The summed E-state index contributed by atoms with van der Waals surface area (Å²) in [6.45, 7) is 4.24. The van der Waals surface area contributed by atoms with Crippen LogP contribution in [-0.2, 0) is 4.79 Å². The molecule has 0 unspecified atom stereocenters. The lowest BCUT2D eigenvalue weighted by molar-refractivity contribution is -0.116. The molecule has 0 fully saturated rings. The molecular weight excluding hydrogens is 292 g/mol. The van der Waals surface area contributed by atoms with Crippen LogP contribution >= 0.6 is 0 Å². The predicted octanol–water partition coefficient (Wildman–Crippen LogP) is 2.81. The molecule has 0 saturated carbocycles. The smallest absolute Gasteiger partial charge is 0.250 e. The third-order valence-corrected chi connectivity index (χ3v) is 3.26. The summed E-state index contributed by atoms with van der Waals surface area (Å²) in [6.07, 6.45) is 0.181. The summed E-state index contributed by atoms with van der Waals surface area (Å²) >= 11 is 0. The maximum absolute atomic E-state index is 12.0. The van der Waals surface area contributed by atoms with Gasteiger partial charge >= 0.3 is 0 Å². The minimum Gasteiger partial charge on any atom is -0.493 e. The molecular formula is C18H20N2O3. The number of hydrogen-bond acceptors (Lipinski definition) is 3. The maximum Gasteiger partial charge on any atom is 0.250 e. The van der Waals surface area contributed by atoms with Crippen LogP contribution in [0.15, 0.2) is 42.5 Å². The molecule has 2 aromatic carbocycles. The van der Waals surface area contributed by atoms with Gasteiger partial charge in [0.25, 0.3) is 5.91 Å². The zero-order valence-corrected chi connectivity index (χ0v) is 13.3. The standard InChI is InChI=1S/C18H20N2O3/c1-12-9-13(2)11-14(10-12)23-8-7-17(21)20-16-6-4-3-5-15(16)18(19)22/h3-6,9-11H,7-8H2,1-2H3,(H2,19,22)(H,20,21). The number of hydrogen-bond donors (Lipinski definition) is 2. The van der Waals surface area contributed by atoms with Crippen LogP contribution in [0, 0.1) is 13.8 Å². The van der Waals surface area contributed by atoms with E-state index in [-0.39, 0.29) is 24.5 Å². The van der Waals surface area contributed by atoms with Crippen molar-refractivity contribution in [3.8, 4) is 5.75 Å². The normalized spacial score (nSPS) is 10.2. The van der Waals surface area contributed by atoms with Gasteiger partial charge in [-0.2, -0.15) is 0 Å². The van der Waals surface area contributed by atoms with Gasteiger partial charge in [-0.1, -0.05) is 18.2 Å². The number of carbonyl (C=O) groups is 2. The Bertz CT molecular complexity index is 706. The number of primary amides is 1. The zero-order valence-electron chi connectivity index (χ0n) is 13.3. The summed E-state index contributed by atoms with van der Waals surface area (Å²) in [5, 5.41) is 2.68. The number of anilines is 1. The Labute approximate surface area is 135 Å². The van der Waals surface area contributed by atoms with Crippen molar-refractivity contribution in [3.63, 3.8) is 0 Å². The summed E-state index contributed by atoms with van der Waals surface area (Å²) in [5.74, 6) is -0.0664. The number of nitrogens with two attached hydrogens (primary N) is 1. The van der Waals surface area contributed by atoms with Crippen LogP contribution in [0.3, 0.4) is 0 Å². The molecule has 0 atom stereocenters. The average Bonchev–Trinajstić information content (AvgIpc) is 2.46. The van der Waals surface area contributed by atoms with Gasteiger partial charge in [0.05, 0.1) is 24.3 Å². The summed E-state index contributed by atoms with van der Waals surface area (Å²) < 4.78 is 5.60. The van der Waals surface area contributed by atoms with Gasteiger partial charge in [-0.25, -0.2) is 0 Å². The number of benzene rings is 2. The second-order valence-electron chi connectivity index (χ2n) is 5.38. The van der Waals surface area contributed by atoms with Crippen molar-refractivity contribution >= 4 is 17.5 Å². The van der Waals surface area contributed by atoms with E-state index in [1.165, 1.54) is 0 Å². The maximum atomic E-state index is 12.0.